The van der Waals surface area contributed by atoms with E-state index in [1.54, 1.807) is 11.0 Å². The molecule has 0 aliphatic carbocycles. The van der Waals surface area contributed by atoms with Gasteiger partial charge in [-0.15, -0.1) is 0 Å². The lowest BCUT2D eigenvalue weighted by Crippen LogP contribution is -2.50. The number of halogens is 4. The van der Waals surface area contributed by atoms with Gasteiger partial charge in [0, 0.05) is 31.7 Å². The molecule has 1 N–H and O–H groups in total. The lowest BCUT2D eigenvalue weighted by atomic mass is 10.1. The maximum atomic E-state index is 13.3. The monoisotopic (exact) mass is 425 g/mol. The quantitative estimate of drug-likeness (QED) is 0.723. The third-order valence-electron chi connectivity index (χ3n) is 4.57. The van der Waals surface area contributed by atoms with Gasteiger partial charge >= 0.3 is 6.61 Å². The fourth-order valence-corrected chi connectivity index (χ4v) is 3.08. The van der Waals surface area contributed by atoms with Gasteiger partial charge in [0.05, 0.1) is 12.2 Å². The summed E-state index contributed by atoms with van der Waals surface area (Å²) in [5.74, 6) is -3.09. The minimum Gasteiger partial charge on any atom is -0.433 e. The standard InChI is InChI=1S/C20H19F4N3O3/c21-14-6-5-13(11-15(14)22)19(29)27-9-7-26(8-10-27)12-18(28)25-16-3-1-2-4-17(16)30-20(23)24/h1-6,11,20H,7-10,12H2,(H,25,28). The molecule has 6 nitrogen and oxygen atoms in total. The fourth-order valence-electron chi connectivity index (χ4n) is 3.08. The van der Waals surface area contributed by atoms with Crippen LogP contribution in [-0.2, 0) is 4.79 Å². The summed E-state index contributed by atoms with van der Waals surface area (Å²) in [4.78, 5) is 28.0. The van der Waals surface area contributed by atoms with Gasteiger partial charge in [0.1, 0.15) is 5.75 Å². The number of ether oxygens (including phenoxy) is 1. The van der Waals surface area contributed by atoms with Gasteiger partial charge in [-0.2, -0.15) is 8.78 Å². The van der Waals surface area contributed by atoms with Crippen LogP contribution in [0.15, 0.2) is 42.5 Å². The van der Waals surface area contributed by atoms with Crippen molar-refractivity contribution in [3.05, 3.63) is 59.7 Å². The van der Waals surface area contributed by atoms with Crippen LogP contribution in [0.2, 0.25) is 0 Å². The van der Waals surface area contributed by atoms with Crippen LogP contribution in [0.25, 0.3) is 0 Å². The Balaban J connectivity index is 1.51. The van der Waals surface area contributed by atoms with E-state index in [0.717, 1.165) is 12.1 Å². The van der Waals surface area contributed by atoms with E-state index in [0.29, 0.717) is 26.2 Å². The predicted molar refractivity (Wildman–Crippen MR) is 100 cm³/mol. The van der Waals surface area contributed by atoms with E-state index in [-0.39, 0.29) is 23.5 Å². The van der Waals surface area contributed by atoms with Crippen molar-refractivity contribution in [2.75, 3.05) is 38.0 Å². The first kappa shape index (κ1) is 21.6. The second kappa shape index (κ2) is 9.57. The first-order valence-electron chi connectivity index (χ1n) is 9.14. The van der Waals surface area contributed by atoms with Crippen molar-refractivity contribution < 1.29 is 31.9 Å². The minimum absolute atomic E-state index is 0.00375. The van der Waals surface area contributed by atoms with Crippen LogP contribution in [0.1, 0.15) is 10.4 Å². The Morgan fingerprint density at radius 1 is 1.00 bits per heavy atom. The summed E-state index contributed by atoms with van der Waals surface area (Å²) < 4.78 is 55.7. The molecule has 30 heavy (non-hydrogen) atoms. The molecule has 0 unspecified atom stereocenters. The molecule has 160 valence electrons. The molecule has 0 bridgehead atoms. The molecular weight excluding hydrogens is 406 g/mol. The first-order valence-corrected chi connectivity index (χ1v) is 9.14. The summed E-state index contributed by atoms with van der Waals surface area (Å²) in [6.07, 6.45) is 0. The Morgan fingerprint density at radius 3 is 2.37 bits per heavy atom. The Kier molecular flexibility index (Phi) is 6.88. The van der Waals surface area contributed by atoms with Crippen molar-refractivity contribution in [3.8, 4) is 5.75 Å². The van der Waals surface area contributed by atoms with Gasteiger partial charge < -0.3 is 15.0 Å². The molecule has 1 aliphatic heterocycles. The molecule has 2 amide bonds. The number of rotatable bonds is 6. The summed E-state index contributed by atoms with van der Waals surface area (Å²) in [5.41, 5.74) is 0.186. The van der Waals surface area contributed by atoms with Crippen molar-refractivity contribution in [1.29, 1.82) is 0 Å². The zero-order chi connectivity index (χ0) is 21.7. The molecule has 1 saturated heterocycles. The topological polar surface area (TPSA) is 61.9 Å². The zero-order valence-corrected chi connectivity index (χ0v) is 15.8. The molecule has 0 radical (unpaired) electrons. The summed E-state index contributed by atoms with van der Waals surface area (Å²) in [6.45, 7) is -1.64. The molecule has 2 aromatic carbocycles. The summed E-state index contributed by atoms with van der Waals surface area (Å²) in [7, 11) is 0. The normalized spacial score (nSPS) is 14.6. The number of hydrogen-bond donors (Lipinski definition) is 1. The number of amides is 2. The largest absolute Gasteiger partial charge is 0.433 e. The van der Waals surface area contributed by atoms with E-state index in [9.17, 15) is 27.2 Å². The number of hydrogen-bond acceptors (Lipinski definition) is 4. The number of carbonyl (C=O) groups is 2. The van der Waals surface area contributed by atoms with Gasteiger partial charge in [-0.3, -0.25) is 14.5 Å². The number of carbonyl (C=O) groups excluding carboxylic acids is 2. The number of nitrogens with one attached hydrogen (secondary N) is 1. The van der Waals surface area contributed by atoms with E-state index < -0.39 is 30.1 Å². The van der Waals surface area contributed by atoms with Crippen molar-refractivity contribution in [2.24, 2.45) is 0 Å². The highest BCUT2D eigenvalue weighted by Gasteiger charge is 2.24. The van der Waals surface area contributed by atoms with E-state index in [1.165, 1.54) is 29.2 Å². The van der Waals surface area contributed by atoms with Gasteiger partial charge in [0.2, 0.25) is 5.91 Å². The third-order valence-corrected chi connectivity index (χ3v) is 4.57. The number of benzene rings is 2. The fraction of sp³-hybridized carbons (Fsp3) is 0.300. The van der Waals surface area contributed by atoms with Crippen LogP contribution in [0.5, 0.6) is 5.75 Å². The highest BCUT2D eigenvalue weighted by Crippen LogP contribution is 2.25. The van der Waals surface area contributed by atoms with Crippen LogP contribution in [-0.4, -0.2) is 60.9 Å². The second-order valence-electron chi connectivity index (χ2n) is 6.62. The summed E-state index contributed by atoms with van der Waals surface area (Å²) >= 11 is 0. The third kappa shape index (κ3) is 5.47. The van der Waals surface area contributed by atoms with Gasteiger partial charge in [0.25, 0.3) is 5.91 Å². The molecule has 3 rings (SSSR count). The molecule has 2 aromatic rings. The SMILES string of the molecule is O=C(CN1CCN(C(=O)c2ccc(F)c(F)c2)CC1)Nc1ccccc1OC(F)F. The minimum atomic E-state index is -3.01. The second-order valence-corrected chi connectivity index (χ2v) is 6.62. The molecule has 0 atom stereocenters. The average Bonchev–Trinajstić information content (AvgIpc) is 2.71. The molecule has 1 fully saturated rings. The lowest BCUT2D eigenvalue weighted by Gasteiger charge is -2.34. The number of piperazine rings is 1. The van der Waals surface area contributed by atoms with Crippen LogP contribution >= 0.6 is 0 Å². The van der Waals surface area contributed by atoms with Crippen LogP contribution in [0, 0.1) is 11.6 Å². The highest BCUT2D eigenvalue weighted by molar-refractivity contribution is 5.95. The van der Waals surface area contributed by atoms with Crippen molar-refractivity contribution in [3.63, 3.8) is 0 Å². The molecule has 10 heteroatoms. The smallest absolute Gasteiger partial charge is 0.387 e. The lowest BCUT2D eigenvalue weighted by molar-refractivity contribution is -0.117. The van der Waals surface area contributed by atoms with Crippen LogP contribution in [0.3, 0.4) is 0 Å². The van der Waals surface area contributed by atoms with E-state index >= 15 is 0 Å². The van der Waals surface area contributed by atoms with Crippen molar-refractivity contribution >= 4 is 17.5 Å². The molecule has 1 aliphatic rings. The maximum Gasteiger partial charge on any atom is 0.387 e. The van der Waals surface area contributed by atoms with Gasteiger partial charge in [-0.25, -0.2) is 8.78 Å². The Morgan fingerprint density at radius 2 is 1.70 bits per heavy atom. The van der Waals surface area contributed by atoms with Crippen LogP contribution < -0.4 is 10.1 Å². The average molecular weight is 425 g/mol. The van der Waals surface area contributed by atoms with Gasteiger partial charge in [-0.1, -0.05) is 12.1 Å². The summed E-state index contributed by atoms with van der Waals surface area (Å²) in [5, 5.41) is 2.54. The Hall–Kier alpha value is -3.14. The van der Waals surface area contributed by atoms with Gasteiger partial charge in [-0.05, 0) is 30.3 Å². The van der Waals surface area contributed by atoms with Gasteiger partial charge in [0.15, 0.2) is 11.6 Å². The molecule has 0 spiro atoms. The zero-order valence-electron chi connectivity index (χ0n) is 15.8. The molecule has 0 aromatic heterocycles. The van der Waals surface area contributed by atoms with E-state index in [4.69, 9.17) is 0 Å². The van der Waals surface area contributed by atoms with E-state index in [1.807, 2.05) is 0 Å². The first-order chi connectivity index (χ1) is 14.3. The van der Waals surface area contributed by atoms with Crippen molar-refractivity contribution in [1.82, 2.24) is 9.80 Å². The predicted octanol–water partition coefficient (Wildman–Crippen LogP) is 2.96. The number of para-hydroxylation sites is 2. The Bertz CT molecular complexity index is 918. The maximum absolute atomic E-state index is 13.3. The highest BCUT2D eigenvalue weighted by atomic mass is 19.3. The van der Waals surface area contributed by atoms with Crippen molar-refractivity contribution in [2.45, 2.75) is 6.61 Å². The Labute approximate surface area is 170 Å². The summed E-state index contributed by atoms with van der Waals surface area (Å²) in [6, 6.07) is 8.85. The van der Waals surface area contributed by atoms with Crippen LogP contribution in [0.4, 0.5) is 23.2 Å². The van der Waals surface area contributed by atoms with E-state index in [2.05, 4.69) is 10.1 Å². The molecular formula is C20H19F4N3O3. The molecule has 0 saturated carbocycles. The number of alkyl halides is 2. The number of nitrogens with zero attached hydrogens (tertiary/aromatic N) is 2. The number of anilines is 1. The molecule has 1 heterocycles.